The van der Waals surface area contributed by atoms with Crippen LogP contribution in [0.1, 0.15) is 64.2 Å². The van der Waals surface area contributed by atoms with Gasteiger partial charge in [-0.25, -0.2) is 0 Å². The van der Waals surface area contributed by atoms with Crippen molar-refractivity contribution in [3.8, 4) is 0 Å². The van der Waals surface area contributed by atoms with E-state index in [1.807, 2.05) is 30.3 Å². The Balaban J connectivity index is 1.65. The first-order valence-corrected chi connectivity index (χ1v) is 10.5. The highest BCUT2D eigenvalue weighted by Gasteiger charge is 2.32. The molecule has 148 valence electrons. The van der Waals surface area contributed by atoms with E-state index in [1.54, 1.807) is 4.90 Å². The van der Waals surface area contributed by atoms with E-state index in [2.05, 4.69) is 4.90 Å². The SMILES string of the molecule is O=C(O)CC(=O)N(c1ccccc1)C1CCN(C2CCCCCCC2)CC1. The minimum Gasteiger partial charge on any atom is -0.481 e. The molecular formula is C22H32N2O3. The zero-order chi connectivity index (χ0) is 19.1. The van der Waals surface area contributed by atoms with Gasteiger partial charge in [0, 0.05) is 30.9 Å². The topological polar surface area (TPSA) is 60.9 Å². The second kappa shape index (κ2) is 9.88. The average Bonchev–Trinajstić information content (AvgIpc) is 2.63. The minimum absolute atomic E-state index is 0.0871. The van der Waals surface area contributed by atoms with Crippen molar-refractivity contribution >= 4 is 17.6 Å². The van der Waals surface area contributed by atoms with E-state index in [0.29, 0.717) is 6.04 Å². The third kappa shape index (κ3) is 5.55. The molecule has 0 radical (unpaired) electrons. The number of likely N-dealkylation sites (tertiary alicyclic amines) is 1. The van der Waals surface area contributed by atoms with Crippen LogP contribution in [-0.2, 0) is 9.59 Å². The Hall–Kier alpha value is -1.88. The molecule has 1 amide bonds. The van der Waals surface area contributed by atoms with Crippen molar-refractivity contribution in [2.24, 2.45) is 0 Å². The van der Waals surface area contributed by atoms with Crippen LogP contribution < -0.4 is 4.90 Å². The molecule has 0 bridgehead atoms. The fourth-order valence-corrected chi connectivity index (χ4v) is 4.67. The Morgan fingerprint density at radius 2 is 1.52 bits per heavy atom. The fourth-order valence-electron chi connectivity index (χ4n) is 4.67. The smallest absolute Gasteiger partial charge is 0.312 e. The summed E-state index contributed by atoms with van der Waals surface area (Å²) in [6.45, 7) is 2.00. The molecular weight excluding hydrogens is 340 g/mol. The van der Waals surface area contributed by atoms with E-state index in [-0.39, 0.29) is 11.9 Å². The zero-order valence-corrected chi connectivity index (χ0v) is 16.2. The van der Waals surface area contributed by atoms with Crippen LogP contribution in [0.4, 0.5) is 5.69 Å². The van der Waals surface area contributed by atoms with Gasteiger partial charge in [0.2, 0.25) is 5.91 Å². The number of aliphatic carboxylic acids is 1. The highest BCUT2D eigenvalue weighted by molar-refractivity contribution is 6.03. The van der Waals surface area contributed by atoms with Crippen molar-refractivity contribution in [2.75, 3.05) is 18.0 Å². The Labute approximate surface area is 162 Å². The van der Waals surface area contributed by atoms with Gasteiger partial charge in [-0.3, -0.25) is 9.59 Å². The second-order valence-corrected chi connectivity index (χ2v) is 7.94. The lowest BCUT2D eigenvalue weighted by Gasteiger charge is -2.42. The van der Waals surface area contributed by atoms with Gasteiger partial charge in [-0.2, -0.15) is 0 Å². The van der Waals surface area contributed by atoms with Crippen molar-refractivity contribution in [1.82, 2.24) is 4.90 Å². The molecule has 1 aromatic carbocycles. The highest BCUT2D eigenvalue weighted by Crippen LogP contribution is 2.28. The second-order valence-electron chi connectivity index (χ2n) is 7.94. The number of carboxylic acids is 1. The summed E-state index contributed by atoms with van der Waals surface area (Å²) in [6.07, 6.45) is 10.7. The number of benzene rings is 1. The van der Waals surface area contributed by atoms with Crippen LogP contribution in [0.2, 0.25) is 0 Å². The van der Waals surface area contributed by atoms with E-state index in [9.17, 15) is 9.59 Å². The lowest BCUT2D eigenvalue weighted by Crippen LogP contribution is -2.50. The molecule has 1 N–H and O–H groups in total. The van der Waals surface area contributed by atoms with Crippen molar-refractivity contribution in [3.63, 3.8) is 0 Å². The summed E-state index contributed by atoms with van der Waals surface area (Å²) in [4.78, 5) is 28.1. The van der Waals surface area contributed by atoms with Gasteiger partial charge >= 0.3 is 5.97 Å². The molecule has 27 heavy (non-hydrogen) atoms. The van der Waals surface area contributed by atoms with Gasteiger partial charge in [0.15, 0.2) is 0 Å². The Bertz CT molecular complexity index is 603. The van der Waals surface area contributed by atoms with Gasteiger partial charge in [-0.15, -0.1) is 0 Å². The predicted molar refractivity (Wildman–Crippen MR) is 107 cm³/mol. The number of nitrogens with zero attached hydrogens (tertiary/aromatic N) is 2. The third-order valence-corrected chi connectivity index (χ3v) is 6.06. The lowest BCUT2D eigenvalue weighted by atomic mass is 9.93. The maximum atomic E-state index is 12.7. The standard InChI is InChI=1S/C22H32N2O3/c25-21(17-22(26)27)24(19-11-7-4-8-12-19)20-13-15-23(16-14-20)18-9-5-2-1-3-6-10-18/h4,7-8,11-12,18,20H,1-3,5-6,9-10,13-17H2,(H,26,27). The molecule has 1 heterocycles. The van der Waals surface area contributed by atoms with Crippen molar-refractivity contribution in [2.45, 2.75) is 76.3 Å². The van der Waals surface area contributed by atoms with Gasteiger partial charge in [0.25, 0.3) is 0 Å². The van der Waals surface area contributed by atoms with Crippen LogP contribution in [-0.4, -0.2) is 47.1 Å². The fraction of sp³-hybridized carbons (Fsp3) is 0.636. The van der Waals surface area contributed by atoms with Gasteiger partial charge in [0.05, 0.1) is 0 Å². The van der Waals surface area contributed by atoms with E-state index in [4.69, 9.17) is 5.11 Å². The van der Waals surface area contributed by atoms with Gasteiger partial charge in [-0.1, -0.05) is 50.3 Å². The Kier molecular flexibility index (Phi) is 7.27. The number of para-hydroxylation sites is 1. The molecule has 1 aliphatic carbocycles. The number of anilines is 1. The molecule has 5 heteroatoms. The summed E-state index contributed by atoms with van der Waals surface area (Å²) in [6, 6.07) is 10.3. The molecule has 1 saturated carbocycles. The van der Waals surface area contributed by atoms with Crippen molar-refractivity contribution in [1.29, 1.82) is 0 Å². The molecule has 1 aliphatic heterocycles. The number of amides is 1. The quantitative estimate of drug-likeness (QED) is 0.792. The summed E-state index contributed by atoms with van der Waals surface area (Å²) in [7, 11) is 0. The monoisotopic (exact) mass is 372 g/mol. The first-order valence-electron chi connectivity index (χ1n) is 10.5. The van der Waals surface area contributed by atoms with Crippen molar-refractivity contribution in [3.05, 3.63) is 30.3 Å². The molecule has 3 rings (SSSR count). The van der Waals surface area contributed by atoms with Gasteiger partial charge < -0.3 is 14.9 Å². The van der Waals surface area contributed by atoms with Crippen LogP contribution in [0, 0.1) is 0 Å². The molecule has 1 aromatic rings. The summed E-state index contributed by atoms with van der Waals surface area (Å²) in [5, 5.41) is 9.08. The Morgan fingerprint density at radius 1 is 0.926 bits per heavy atom. The van der Waals surface area contributed by atoms with E-state index in [0.717, 1.165) is 31.6 Å². The number of carbonyl (C=O) groups excluding carboxylic acids is 1. The number of carboxylic acid groups (broad SMARTS) is 1. The largest absolute Gasteiger partial charge is 0.481 e. The van der Waals surface area contributed by atoms with E-state index < -0.39 is 12.4 Å². The summed E-state index contributed by atoms with van der Waals surface area (Å²) in [5.41, 5.74) is 0.813. The molecule has 5 nitrogen and oxygen atoms in total. The molecule has 0 atom stereocenters. The highest BCUT2D eigenvalue weighted by atomic mass is 16.4. The number of hydrogen-bond acceptors (Lipinski definition) is 3. The van der Waals surface area contributed by atoms with Crippen LogP contribution in [0.5, 0.6) is 0 Å². The Morgan fingerprint density at radius 3 is 2.11 bits per heavy atom. The number of rotatable bonds is 5. The maximum Gasteiger partial charge on any atom is 0.312 e. The summed E-state index contributed by atoms with van der Waals surface area (Å²) in [5.74, 6) is -1.37. The lowest BCUT2D eigenvalue weighted by molar-refractivity contribution is -0.140. The van der Waals surface area contributed by atoms with Crippen LogP contribution in [0.25, 0.3) is 0 Å². The van der Waals surface area contributed by atoms with Gasteiger partial charge in [0.1, 0.15) is 6.42 Å². The van der Waals surface area contributed by atoms with E-state index in [1.165, 1.54) is 44.9 Å². The molecule has 2 aliphatic rings. The zero-order valence-electron chi connectivity index (χ0n) is 16.2. The molecule has 0 aromatic heterocycles. The summed E-state index contributed by atoms with van der Waals surface area (Å²) < 4.78 is 0. The first kappa shape index (κ1) is 19.9. The molecule has 1 saturated heterocycles. The number of hydrogen-bond donors (Lipinski definition) is 1. The first-order chi connectivity index (χ1) is 13.1. The van der Waals surface area contributed by atoms with Crippen LogP contribution >= 0.6 is 0 Å². The normalized spacial score (nSPS) is 20.6. The van der Waals surface area contributed by atoms with Gasteiger partial charge in [-0.05, 0) is 37.8 Å². The van der Waals surface area contributed by atoms with Crippen LogP contribution in [0.15, 0.2) is 30.3 Å². The molecule has 0 spiro atoms. The maximum absolute atomic E-state index is 12.7. The number of piperidine rings is 1. The molecule has 2 fully saturated rings. The average molecular weight is 373 g/mol. The third-order valence-electron chi connectivity index (χ3n) is 6.06. The predicted octanol–water partition coefficient (Wildman–Crippen LogP) is 4.07. The molecule has 0 unspecified atom stereocenters. The number of carbonyl (C=O) groups is 2. The van der Waals surface area contributed by atoms with Crippen molar-refractivity contribution < 1.29 is 14.7 Å². The minimum atomic E-state index is -1.06. The summed E-state index contributed by atoms with van der Waals surface area (Å²) >= 11 is 0. The van der Waals surface area contributed by atoms with Crippen LogP contribution in [0.3, 0.4) is 0 Å². The van der Waals surface area contributed by atoms with E-state index >= 15 is 0 Å².